The largest absolute Gasteiger partial charge is 0.389 e. The van der Waals surface area contributed by atoms with E-state index in [0.717, 1.165) is 5.56 Å². The summed E-state index contributed by atoms with van der Waals surface area (Å²) in [6, 6.07) is 9.73. The molecular weight excluding hydrogens is 320 g/mol. The average molecular weight is 346 g/mol. The molecule has 1 unspecified atom stereocenters. The number of rotatable bonds is 3. The number of carbonyl (C=O) groups is 2. The summed E-state index contributed by atoms with van der Waals surface area (Å²) in [5, 5.41) is 9.79. The van der Waals surface area contributed by atoms with Crippen LogP contribution in [-0.4, -0.2) is 72.2 Å². The highest BCUT2D eigenvalue weighted by atomic mass is 16.5. The Morgan fingerprint density at radius 3 is 2.52 bits per heavy atom. The first-order valence-corrected chi connectivity index (χ1v) is 9.00. The summed E-state index contributed by atoms with van der Waals surface area (Å²) in [6.45, 7) is 2.87. The molecule has 0 radical (unpaired) electrons. The summed E-state index contributed by atoms with van der Waals surface area (Å²) >= 11 is 0. The zero-order chi connectivity index (χ0) is 17.6. The van der Waals surface area contributed by atoms with Crippen LogP contribution in [0, 0.1) is 5.92 Å². The summed E-state index contributed by atoms with van der Waals surface area (Å²) < 4.78 is 5.28. The van der Waals surface area contributed by atoms with E-state index in [9.17, 15) is 14.7 Å². The van der Waals surface area contributed by atoms with Crippen molar-refractivity contribution in [2.24, 2.45) is 5.92 Å². The van der Waals surface area contributed by atoms with Crippen molar-refractivity contribution in [2.75, 3.05) is 39.4 Å². The summed E-state index contributed by atoms with van der Waals surface area (Å²) in [7, 11) is 0. The molecule has 1 N–H and O–H groups in total. The summed E-state index contributed by atoms with van der Waals surface area (Å²) in [5.41, 5.74) is 1.02. The van der Waals surface area contributed by atoms with Crippen molar-refractivity contribution in [3.8, 4) is 0 Å². The van der Waals surface area contributed by atoms with E-state index in [2.05, 4.69) is 0 Å². The Balaban J connectivity index is 1.49. The average Bonchev–Trinajstić information content (AvgIpc) is 2.86. The van der Waals surface area contributed by atoms with E-state index in [-0.39, 0.29) is 24.3 Å². The van der Waals surface area contributed by atoms with Crippen LogP contribution in [-0.2, 0) is 20.7 Å². The maximum atomic E-state index is 12.7. The van der Waals surface area contributed by atoms with Gasteiger partial charge in [0.15, 0.2) is 0 Å². The fourth-order valence-electron chi connectivity index (χ4n) is 3.51. The highest BCUT2D eigenvalue weighted by Crippen LogP contribution is 2.21. The number of carbonyl (C=O) groups excluding carboxylic acids is 2. The molecule has 2 heterocycles. The lowest BCUT2D eigenvalue weighted by atomic mass is 9.94. The molecule has 2 aliphatic heterocycles. The van der Waals surface area contributed by atoms with Crippen LogP contribution >= 0.6 is 0 Å². The molecule has 0 saturated carbocycles. The van der Waals surface area contributed by atoms with Crippen molar-refractivity contribution in [2.45, 2.75) is 25.4 Å². The Labute approximate surface area is 148 Å². The van der Waals surface area contributed by atoms with E-state index in [1.165, 1.54) is 0 Å². The zero-order valence-corrected chi connectivity index (χ0v) is 14.5. The Morgan fingerprint density at radius 1 is 1.08 bits per heavy atom. The molecule has 2 fully saturated rings. The number of β-amino-alcohol motifs (C(OH)–C–C–N with tert-alkyl or cyclic N) is 1. The highest BCUT2D eigenvalue weighted by Gasteiger charge is 2.31. The second-order valence-electron chi connectivity index (χ2n) is 6.83. The minimum atomic E-state index is -0.612. The van der Waals surface area contributed by atoms with E-state index in [0.29, 0.717) is 52.0 Å². The van der Waals surface area contributed by atoms with Gasteiger partial charge in [0.1, 0.15) is 0 Å². The standard InChI is InChI=1S/C19H26N2O4/c22-17-13-21(10-11-25-14-17)19(24)16-6-8-20(9-7-16)18(23)12-15-4-2-1-3-5-15/h1-5,16-17,22H,6-14H2. The number of hydrogen-bond donors (Lipinski definition) is 1. The van der Waals surface area contributed by atoms with E-state index < -0.39 is 6.10 Å². The molecule has 136 valence electrons. The van der Waals surface area contributed by atoms with Gasteiger partial charge in [-0.1, -0.05) is 30.3 Å². The third-order valence-corrected chi connectivity index (χ3v) is 4.95. The Hall–Kier alpha value is -1.92. The van der Waals surface area contributed by atoms with Crippen molar-refractivity contribution in [3.63, 3.8) is 0 Å². The quantitative estimate of drug-likeness (QED) is 0.874. The lowest BCUT2D eigenvalue weighted by molar-refractivity contribution is -0.141. The third-order valence-electron chi connectivity index (χ3n) is 4.95. The zero-order valence-electron chi connectivity index (χ0n) is 14.5. The smallest absolute Gasteiger partial charge is 0.226 e. The molecule has 1 aromatic carbocycles. The predicted molar refractivity (Wildman–Crippen MR) is 92.9 cm³/mol. The van der Waals surface area contributed by atoms with E-state index in [4.69, 9.17) is 4.74 Å². The normalized spacial score (nSPS) is 22.5. The van der Waals surface area contributed by atoms with Gasteiger partial charge in [0.2, 0.25) is 11.8 Å². The highest BCUT2D eigenvalue weighted by molar-refractivity contribution is 5.81. The molecule has 2 amide bonds. The minimum Gasteiger partial charge on any atom is -0.389 e. The van der Waals surface area contributed by atoms with Crippen LogP contribution in [0.5, 0.6) is 0 Å². The number of ether oxygens (including phenoxy) is 1. The lowest BCUT2D eigenvalue weighted by Crippen LogP contribution is -2.46. The molecule has 0 aromatic heterocycles. The molecule has 1 aromatic rings. The number of amides is 2. The minimum absolute atomic E-state index is 0.0638. The molecule has 0 bridgehead atoms. The fraction of sp³-hybridized carbons (Fsp3) is 0.579. The molecule has 6 nitrogen and oxygen atoms in total. The number of piperidine rings is 1. The van der Waals surface area contributed by atoms with Crippen molar-refractivity contribution in [3.05, 3.63) is 35.9 Å². The number of aliphatic hydroxyl groups excluding tert-OH is 1. The molecule has 3 rings (SSSR count). The molecular formula is C19H26N2O4. The van der Waals surface area contributed by atoms with Crippen LogP contribution in [0.1, 0.15) is 18.4 Å². The lowest BCUT2D eigenvalue weighted by Gasteiger charge is -2.34. The molecule has 0 spiro atoms. The van der Waals surface area contributed by atoms with Crippen molar-refractivity contribution in [1.29, 1.82) is 0 Å². The Bertz CT molecular complexity index is 584. The van der Waals surface area contributed by atoms with Gasteiger partial charge in [-0.25, -0.2) is 0 Å². The first-order chi connectivity index (χ1) is 12.1. The second-order valence-corrected chi connectivity index (χ2v) is 6.83. The van der Waals surface area contributed by atoms with Crippen LogP contribution < -0.4 is 0 Å². The van der Waals surface area contributed by atoms with Gasteiger partial charge in [0.25, 0.3) is 0 Å². The summed E-state index contributed by atoms with van der Waals surface area (Å²) in [6.07, 6.45) is 1.17. The third kappa shape index (κ3) is 4.80. The van der Waals surface area contributed by atoms with Gasteiger partial charge >= 0.3 is 0 Å². The van der Waals surface area contributed by atoms with Gasteiger partial charge in [0, 0.05) is 32.1 Å². The molecule has 2 saturated heterocycles. The van der Waals surface area contributed by atoms with Gasteiger partial charge in [-0.2, -0.15) is 0 Å². The number of aliphatic hydroxyl groups is 1. The van der Waals surface area contributed by atoms with Gasteiger partial charge < -0.3 is 19.6 Å². The number of hydrogen-bond acceptors (Lipinski definition) is 4. The summed E-state index contributed by atoms with van der Waals surface area (Å²) in [5.74, 6) is 0.140. The van der Waals surface area contributed by atoms with Crippen LogP contribution in [0.25, 0.3) is 0 Å². The number of likely N-dealkylation sites (tertiary alicyclic amines) is 1. The fourth-order valence-corrected chi connectivity index (χ4v) is 3.51. The van der Waals surface area contributed by atoms with Crippen LogP contribution in [0.15, 0.2) is 30.3 Å². The van der Waals surface area contributed by atoms with Gasteiger partial charge in [-0.15, -0.1) is 0 Å². The molecule has 6 heteroatoms. The molecule has 1 atom stereocenters. The van der Waals surface area contributed by atoms with Crippen LogP contribution in [0.2, 0.25) is 0 Å². The SMILES string of the molecule is O=C(Cc1ccccc1)N1CCC(C(=O)N2CCOCC(O)C2)CC1. The maximum Gasteiger partial charge on any atom is 0.226 e. The second kappa shape index (κ2) is 8.45. The van der Waals surface area contributed by atoms with E-state index in [1.54, 1.807) is 4.90 Å². The van der Waals surface area contributed by atoms with Crippen LogP contribution in [0.4, 0.5) is 0 Å². The molecule has 2 aliphatic rings. The monoisotopic (exact) mass is 346 g/mol. The Kier molecular flexibility index (Phi) is 6.04. The van der Waals surface area contributed by atoms with Crippen molar-refractivity contribution < 1.29 is 19.4 Å². The van der Waals surface area contributed by atoms with Crippen molar-refractivity contribution in [1.82, 2.24) is 9.80 Å². The molecule has 25 heavy (non-hydrogen) atoms. The first-order valence-electron chi connectivity index (χ1n) is 9.00. The van der Waals surface area contributed by atoms with Crippen molar-refractivity contribution >= 4 is 11.8 Å². The topological polar surface area (TPSA) is 70.1 Å². The van der Waals surface area contributed by atoms with E-state index in [1.807, 2.05) is 35.2 Å². The Morgan fingerprint density at radius 2 is 1.80 bits per heavy atom. The first kappa shape index (κ1) is 17.9. The van der Waals surface area contributed by atoms with Crippen LogP contribution in [0.3, 0.4) is 0 Å². The van der Waals surface area contributed by atoms with Gasteiger partial charge in [0.05, 0.1) is 25.7 Å². The number of nitrogens with zero attached hydrogens (tertiary/aromatic N) is 2. The van der Waals surface area contributed by atoms with E-state index >= 15 is 0 Å². The predicted octanol–water partition coefficient (Wildman–Crippen LogP) is 0.687. The van der Waals surface area contributed by atoms with Gasteiger partial charge in [-0.3, -0.25) is 9.59 Å². The maximum absolute atomic E-state index is 12.7. The molecule has 0 aliphatic carbocycles. The summed E-state index contributed by atoms with van der Waals surface area (Å²) in [4.78, 5) is 28.7. The number of benzene rings is 1. The van der Waals surface area contributed by atoms with Gasteiger partial charge in [-0.05, 0) is 18.4 Å².